The number of carboxylic acid groups (broad SMARTS) is 1. The van der Waals surface area contributed by atoms with Crippen LogP contribution in [0.3, 0.4) is 0 Å². The second-order valence-corrected chi connectivity index (χ2v) is 5.76. The number of aryl methyl sites for hydroxylation is 1. The van der Waals surface area contributed by atoms with Gasteiger partial charge in [-0.2, -0.15) is 5.10 Å². The molecule has 2 aromatic rings. The highest BCUT2D eigenvalue weighted by Crippen LogP contribution is 2.28. The highest BCUT2D eigenvalue weighted by molar-refractivity contribution is 7.17. The van der Waals surface area contributed by atoms with Gasteiger partial charge >= 0.3 is 5.97 Å². The molecule has 3 heterocycles. The van der Waals surface area contributed by atoms with Crippen LogP contribution >= 0.6 is 11.3 Å². The van der Waals surface area contributed by atoms with Gasteiger partial charge in [-0.25, -0.2) is 14.8 Å². The zero-order valence-electron chi connectivity index (χ0n) is 11.2. The number of carbonyl (C=O) groups excluding carboxylic acids is 1. The molecule has 0 aliphatic carbocycles. The number of aromatic amines is 1. The first-order chi connectivity index (χ1) is 10.1. The Morgan fingerprint density at radius 2 is 2.33 bits per heavy atom. The summed E-state index contributed by atoms with van der Waals surface area (Å²) in [5.74, 6) is -0.738. The number of carbonyl (C=O) groups is 2. The Morgan fingerprint density at radius 1 is 1.52 bits per heavy atom. The first-order valence-corrected chi connectivity index (χ1v) is 7.26. The van der Waals surface area contributed by atoms with Crippen LogP contribution in [0.2, 0.25) is 0 Å². The SMILES string of the molecule is Cc1nc(-c2ncn[nH]2)sc1C(=O)N1CCC[C@H]1C(=O)O. The molecule has 0 radical (unpaired) electrons. The molecule has 0 spiro atoms. The van der Waals surface area contributed by atoms with E-state index in [1.807, 2.05) is 0 Å². The van der Waals surface area contributed by atoms with Crippen molar-refractivity contribution in [2.24, 2.45) is 0 Å². The van der Waals surface area contributed by atoms with E-state index in [1.165, 1.54) is 22.6 Å². The quantitative estimate of drug-likeness (QED) is 0.872. The zero-order valence-corrected chi connectivity index (χ0v) is 12.1. The van der Waals surface area contributed by atoms with E-state index < -0.39 is 12.0 Å². The lowest BCUT2D eigenvalue weighted by atomic mass is 10.2. The molecule has 21 heavy (non-hydrogen) atoms. The van der Waals surface area contributed by atoms with Crippen molar-refractivity contribution in [2.75, 3.05) is 6.54 Å². The van der Waals surface area contributed by atoms with E-state index >= 15 is 0 Å². The van der Waals surface area contributed by atoms with E-state index in [4.69, 9.17) is 0 Å². The lowest BCUT2D eigenvalue weighted by Gasteiger charge is -2.20. The number of nitrogens with zero attached hydrogens (tertiary/aromatic N) is 4. The molecule has 110 valence electrons. The maximum Gasteiger partial charge on any atom is 0.326 e. The molecule has 0 unspecified atom stereocenters. The van der Waals surface area contributed by atoms with Crippen LogP contribution in [0.15, 0.2) is 6.33 Å². The molecular formula is C12H13N5O3S. The van der Waals surface area contributed by atoms with Crippen molar-refractivity contribution < 1.29 is 14.7 Å². The third kappa shape index (κ3) is 2.40. The van der Waals surface area contributed by atoms with Crippen LogP contribution in [0.5, 0.6) is 0 Å². The minimum absolute atomic E-state index is 0.277. The van der Waals surface area contributed by atoms with Crippen LogP contribution in [0, 0.1) is 6.92 Å². The number of amides is 1. The standard InChI is InChI=1S/C12H13N5O3S/c1-6-8(21-10(15-6)9-13-5-14-16-9)11(18)17-4-2-3-7(17)12(19)20/h5,7H,2-4H2,1H3,(H,19,20)(H,13,14,16)/t7-/m0/s1. The minimum atomic E-state index is -0.960. The Morgan fingerprint density at radius 3 is 3.00 bits per heavy atom. The summed E-state index contributed by atoms with van der Waals surface area (Å²) in [7, 11) is 0. The Balaban J connectivity index is 1.90. The molecule has 1 saturated heterocycles. The summed E-state index contributed by atoms with van der Waals surface area (Å²) in [6.07, 6.45) is 2.57. The maximum atomic E-state index is 12.6. The molecule has 8 nitrogen and oxygen atoms in total. The van der Waals surface area contributed by atoms with Gasteiger partial charge in [-0.1, -0.05) is 0 Å². The Kier molecular flexibility index (Phi) is 3.42. The highest BCUT2D eigenvalue weighted by atomic mass is 32.1. The molecular weight excluding hydrogens is 294 g/mol. The van der Waals surface area contributed by atoms with E-state index in [0.717, 1.165) is 0 Å². The molecule has 0 saturated carbocycles. The van der Waals surface area contributed by atoms with Gasteiger partial charge in [0.2, 0.25) is 0 Å². The van der Waals surface area contributed by atoms with Crippen LogP contribution in [0.25, 0.3) is 10.8 Å². The average Bonchev–Trinajstić information content (AvgIpc) is 3.18. The number of hydrogen-bond donors (Lipinski definition) is 2. The summed E-state index contributed by atoms with van der Waals surface area (Å²) < 4.78 is 0. The van der Waals surface area contributed by atoms with Crippen LogP contribution in [-0.4, -0.2) is 54.6 Å². The number of hydrogen-bond acceptors (Lipinski definition) is 6. The van der Waals surface area contributed by atoms with E-state index in [2.05, 4.69) is 20.2 Å². The summed E-state index contributed by atoms with van der Waals surface area (Å²) in [4.78, 5) is 33.9. The second-order valence-electron chi connectivity index (χ2n) is 4.76. The zero-order chi connectivity index (χ0) is 15.0. The monoisotopic (exact) mass is 307 g/mol. The topological polar surface area (TPSA) is 112 Å². The van der Waals surface area contributed by atoms with Crippen LogP contribution in [0.4, 0.5) is 0 Å². The van der Waals surface area contributed by atoms with Gasteiger partial charge < -0.3 is 10.0 Å². The van der Waals surface area contributed by atoms with E-state index in [9.17, 15) is 14.7 Å². The smallest absolute Gasteiger partial charge is 0.326 e. The number of nitrogens with one attached hydrogen (secondary N) is 1. The predicted octanol–water partition coefficient (Wildman–Crippen LogP) is 0.926. The Labute approximate surface area is 123 Å². The average molecular weight is 307 g/mol. The van der Waals surface area contributed by atoms with Crippen molar-refractivity contribution in [2.45, 2.75) is 25.8 Å². The third-order valence-corrected chi connectivity index (χ3v) is 4.56. The number of thiazole rings is 1. The summed E-state index contributed by atoms with van der Waals surface area (Å²) in [5.41, 5.74) is 0.576. The lowest BCUT2D eigenvalue weighted by Crippen LogP contribution is -2.40. The number of carboxylic acids is 1. The number of rotatable bonds is 3. The van der Waals surface area contributed by atoms with E-state index in [0.29, 0.717) is 40.8 Å². The van der Waals surface area contributed by atoms with Gasteiger partial charge in [0.05, 0.1) is 5.69 Å². The molecule has 1 aliphatic rings. The summed E-state index contributed by atoms with van der Waals surface area (Å²) >= 11 is 1.20. The summed E-state index contributed by atoms with van der Waals surface area (Å²) in [6.45, 7) is 2.19. The van der Waals surface area contributed by atoms with Crippen molar-refractivity contribution >= 4 is 23.2 Å². The van der Waals surface area contributed by atoms with Gasteiger partial charge in [0.1, 0.15) is 17.2 Å². The number of aliphatic carboxylic acids is 1. The summed E-state index contributed by atoms with van der Waals surface area (Å²) in [5, 5.41) is 16.2. The maximum absolute atomic E-state index is 12.6. The fourth-order valence-electron chi connectivity index (χ4n) is 2.40. The first kappa shape index (κ1) is 13.7. The largest absolute Gasteiger partial charge is 0.480 e. The van der Waals surface area contributed by atoms with Gasteiger partial charge in [0, 0.05) is 6.54 Å². The molecule has 1 fully saturated rings. The van der Waals surface area contributed by atoms with Crippen LogP contribution in [0.1, 0.15) is 28.2 Å². The van der Waals surface area contributed by atoms with Gasteiger partial charge in [-0.05, 0) is 19.8 Å². The first-order valence-electron chi connectivity index (χ1n) is 6.45. The van der Waals surface area contributed by atoms with E-state index in [1.54, 1.807) is 6.92 Å². The molecule has 9 heteroatoms. The molecule has 3 rings (SSSR count). The second kappa shape index (κ2) is 5.24. The molecule has 1 aliphatic heterocycles. The molecule has 0 bridgehead atoms. The number of aromatic nitrogens is 4. The van der Waals surface area contributed by atoms with Gasteiger partial charge in [-0.15, -0.1) is 11.3 Å². The molecule has 2 N–H and O–H groups in total. The Hall–Kier alpha value is -2.29. The predicted molar refractivity (Wildman–Crippen MR) is 73.9 cm³/mol. The molecule has 0 aromatic carbocycles. The van der Waals surface area contributed by atoms with Crippen LogP contribution < -0.4 is 0 Å². The third-order valence-electron chi connectivity index (χ3n) is 3.41. The normalized spacial score (nSPS) is 18.1. The molecule has 2 aromatic heterocycles. The van der Waals surface area contributed by atoms with E-state index in [-0.39, 0.29) is 5.91 Å². The minimum Gasteiger partial charge on any atom is -0.480 e. The van der Waals surface area contributed by atoms with Gasteiger partial charge in [0.15, 0.2) is 10.8 Å². The lowest BCUT2D eigenvalue weighted by molar-refractivity contribution is -0.141. The van der Waals surface area contributed by atoms with Gasteiger partial charge in [-0.3, -0.25) is 9.89 Å². The molecule has 1 atom stereocenters. The fraction of sp³-hybridized carbons (Fsp3) is 0.417. The highest BCUT2D eigenvalue weighted by Gasteiger charge is 2.36. The van der Waals surface area contributed by atoms with Crippen molar-refractivity contribution in [3.8, 4) is 10.8 Å². The number of H-pyrrole nitrogens is 1. The fourth-order valence-corrected chi connectivity index (χ4v) is 3.37. The molecule has 1 amide bonds. The van der Waals surface area contributed by atoms with Gasteiger partial charge in [0.25, 0.3) is 5.91 Å². The Bertz CT molecular complexity index is 681. The number of likely N-dealkylation sites (tertiary alicyclic amines) is 1. The van der Waals surface area contributed by atoms with Crippen molar-refractivity contribution in [3.63, 3.8) is 0 Å². The van der Waals surface area contributed by atoms with Crippen molar-refractivity contribution in [1.29, 1.82) is 0 Å². The van der Waals surface area contributed by atoms with Crippen molar-refractivity contribution in [3.05, 3.63) is 16.9 Å². The summed E-state index contributed by atoms with van der Waals surface area (Å²) in [6, 6.07) is -0.743. The van der Waals surface area contributed by atoms with Crippen LogP contribution in [-0.2, 0) is 4.79 Å². The van der Waals surface area contributed by atoms with Crippen molar-refractivity contribution in [1.82, 2.24) is 25.1 Å².